The second kappa shape index (κ2) is 7.61. The molecule has 2 aromatic carbocycles. The third-order valence-corrected chi connectivity index (χ3v) is 5.69. The smallest absolute Gasteiger partial charge is 0.175 e. The average molecular weight is 396 g/mol. The number of methoxy groups -OCH3 is 1. The van der Waals surface area contributed by atoms with Gasteiger partial charge in [0.25, 0.3) is 0 Å². The lowest BCUT2D eigenvalue weighted by molar-refractivity contribution is -0.0416. The Morgan fingerprint density at radius 3 is 2.28 bits per heavy atom. The molecule has 29 heavy (non-hydrogen) atoms. The molecule has 6 heteroatoms. The van der Waals surface area contributed by atoms with E-state index in [2.05, 4.69) is 5.10 Å². The molecule has 0 bridgehead atoms. The molecule has 0 amide bonds. The third kappa shape index (κ3) is 3.66. The van der Waals surface area contributed by atoms with E-state index in [1.807, 2.05) is 31.2 Å². The highest BCUT2D eigenvalue weighted by molar-refractivity contribution is 5.64. The first-order valence-electron chi connectivity index (χ1n) is 9.82. The molecule has 152 valence electrons. The molecule has 1 aromatic heterocycles. The van der Waals surface area contributed by atoms with Crippen LogP contribution in [-0.2, 0) is 5.60 Å². The first-order chi connectivity index (χ1) is 13.9. The van der Waals surface area contributed by atoms with Crippen molar-refractivity contribution in [2.24, 2.45) is 0 Å². The Hall–Kier alpha value is -2.70. The summed E-state index contributed by atoms with van der Waals surface area (Å²) in [5.74, 6) is 0.168. The summed E-state index contributed by atoms with van der Waals surface area (Å²) in [7, 11) is 1.59. The summed E-state index contributed by atoms with van der Waals surface area (Å²) in [4.78, 5) is 0. The third-order valence-electron chi connectivity index (χ3n) is 5.69. The van der Waals surface area contributed by atoms with Crippen LogP contribution in [0.5, 0.6) is 5.75 Å². The molecule has 0 radical (unpaired) electrons. The quantitative estimate of drug-likeness (QED) is 0.696. The fourth-order valence-corrected chi connectivity index (χ4v) is 3.88. The van der Waals surface area contributed by atoms with Crippen molar-refractivity contribution in [1.82, 2.24) is 9.78 Å². The predicted molar refractivity (Wildman–Crippen MR) is 109 cm³/mol. The number of hydrogen-bond donors (Lipinski definition) is 2. The van der Waals surface area contributed by atoms with Crippen molar-refractivity contribution >= 4 is 0 Å². The minimum Gasteiger partial charge on any atom is -0.497 e. The number of aromatic nitrogens is 2. The van der Waals surface area contributed by atoms with Crippen LogP contribution in [0.3, 0.4) is 0 Å². The number of hydrogen-bond acceptors (Lipinski definition) is 4. The molecule has 3 aromatic rings. The predicted octanol–water partition coefficient (Wildman–Crippen LogP) is 4.12. The lowest BCUT2D eigenvalue weighted by atomic mass is 9.81. The molecule has 1 heterocycles. The fourth-order valence-electron chi connectivity index (χ4n) is 3.88. The van der Waals surface area contributed by atoms with Crippen molar-refractivity contribution in [3.63, 3.8) is 0 Å². The topological polar surface area (TPSA) is 67.5 Å². The summed E-state index contributed by atoms with van der Waals surface area (Å²) in [6.45, 7) is 1.97. The van der Waals surface area contributed by atoms with E-state index in [1.54, 1.807) is 31.4 Å². The maximum absolute atomic E-state index is 15.7. The van der Waals surface area contributed by atoms with Crippen molar-refractivity contribution in [2.45, 2.75) is 44.3 Å². The summed E-state index contributed by atoms with van der Waals surface area (Å²) in [5.41, 5.74) is 1.39. The molecule has 2 N–H and O–H groups in total. The molecule has 1 fully saturated rings. The summed E-state index contributed by atoms with van der Waals surface area (Å²) >= 11 is 0. The van der Waals surface area contributed by atoms with Gasteiger partial charge in [0.2, 0.25) is 0 Å². The summed E-state index contributed by atoms with van der Waals surface area (Å²) in [6.07, 6.45) is 0.936. The molecule has 0 unspecified atom stereocenters. The number of rotatable bonds is 4. The van der Waals surface area contributed by atoms with Gasteiger partial charge in [0.15, 0.2) is 5.82 Å². The van der Waals surface area contributed by atoms with Crippen molar-refractivity contribution < 1.29 is 19.3 Å². The van der Waals surface area contributed by atoms with Crippen molar-refractivity contribution in [2.75, 3.05) is 7.11 Å². The molecule has 0 spiro atoms. The largest absolute Gasteiger partial charge is 0.497 e. The summed E-state index contributed by atoms with van der Waals surface area (Å²) < 4.78 is 22.5. The monoisotopic (exact) mass is 396 g/mol. The second-order valence-corrected chi connectivity index (χ2v) is 7.75. The zero-order valence-corrected chi connectivity index (χ0v) is 16.6. The summed E-state index contributed by atoms with van der Waals surface area (Å²) in [6, 6.07) is 14.7. The molecule has 1 saturated carbocycles. The molecule has 0 saturated heterocycles. The van der Waals surface area contributed by atoms with E-state index in [0.717, 1.165) is 5.56 Å². The van der Waals surface area contributed by atoms with E-state index in [-0.39, 0.29) is 18.5 Å². The van der Waals surface area contributed by atoms with Crippen LogP contribution in [-0.4, -0.2) is 33.2 Å². The molecule has 0 aliphatic heterocycles. The van der Waals surface area contributed by atoms with Crippen LogP contribution in [0.15, 0.2) is 48.5 Å². The lowest BCUT2D eigenvalue weighted by Gasteiger charge is -2.32. The van der Waals surface area contributed by atoms with E-state index in [1.165, 1.54) is 4.68 Å². The van der Waals surface area contributed by atoms with Crippen LogP contribution in [0.1, 0.15) is 36.9 Å². The number of benzene rings is 2. The van der Waals surface area contributed by atoms with Crippen molar-refractivity contribution in [3.8, 4) is 22.7 Å². The standard InChI is InChI=1S/C23H25FN2O3/c1-15-3-5-16(6-4-15)21-20(24)22(23(28)13-11-18(27)12-14-23)25-26(21)17-7-9-19(29-2)10-8-17/h3-10,18,27-28H,11-14H2,1-2H3/t18-,23-. The van der Waals surface area contributed by atoms with Gasteiger partial charge in [0.05, 0.1) is 18.9 Å². The van der Waals surface area contributed by atoms with Gasteiger partial charge in [-0.15, -0.1) is 0 Å². The first kappa shape index (κ1) is 19.6. The maximum Gasteiger partial charge on any atom is 0.175 e. The van der Waals surface area contributed by atoms with Gasteiger partial charge in [-0.1, -0.05) is 29.8 Å². The van der Waals surface area contributed by atoms with E-state index in [4.69, 9.17) is 4.74 Å². The van der Waals surface area contributed by atoms with Gasteiger partial charge in [-0.3, -0.25) is 0 Å². The zero-order valence-electron chi connectivity index (χ0n) is 16.6. The molecule has 5 nitrogen and oxygen atoms in total. The van der Waals surface area contributed by atoms with Gasteiger partial charge in [0.1, 0.15) is 22.7 Å². The van der Waals surface area contributed by atoms with E-state index < -0.39 is 17.5 Å². The van der Waals surface area contributed by atoms with Gasteiger partial charge >= 0.3 is 0 Å². The Labute approximate surface area is 169 Å². The van der Waals surface area contributed by atoms with E-state index >= 15 is 4.39 Å². The van der Waals surface area contributed by atoms with Crippen molar-refractivity contribution in [1.29, 1.82) is 0 Å². The van der Waals surface area contributed by atoms with Gasteiger partial charge < -0.3 is 14.9 Å². The number of aryl methyl sites for hydroxylation is 1. The second-order valence-electron chi connectivity index (χ2n) is 7.75. The Morgan fingerprint density at radius 2 is 1.69 bits per heavy atom. The van der Waals surface area contributed by atoms with E-state index in [9.17, 15) is 10.2 Å². The van der Waals surface area contributed by atoms with Crippen LogP contribution in [0.4, 0.5) is 4.39 Å². The van der Waals surface area contributed by atoms with Crippen molar-refractivity contribution in [3.05, 3.63) is 65.6 Å². The average Bonchev–Trinajstić information content (AvgIpc) is 3.09. The first-order valence-corrected chi connectivity index (χ1v) is 9.82. The van der Waals surface area contributed by atoms with Crippen LogP contribution in [0, 0.1) is 12.7 Å². The number of aliphatic hydroxyl groups is 2. The zero-order chi connectivity index (χ0) is 20.6. The Kier molecular flexibility index (Phi) is 5.15. The SMILES string of the molecule is COc1ccc(-n2nc([C@]3(O)CC[C@H](O)CC3)c(F)c2-c2ccc(C)cc2)cc1. The van der Waals surface area contributed by atoms with Crippen LogP contribution in [0.25, 0.3) is 16.9 Å². The number of halogens is 1. The highest BCUT2D eigenvalue weighted by Gasteiger charge is 2.40. The number of ether oxygens (including phenoxy) is 1. The Morgan fingerprint density at radius 1 is 1.07 bits per heavy atom. The molecular formula is C23H25FN2O3. The molecular weight excluding hydrogens is 371 g/mol. The molecule has 1 aliphatic rings. The molecule has 0 atom stereocenters. The highest BCUT2D eigenvalue weighted by atomic mass is 19.1. The van der Waals surface area contributed by atoms with Gasteiger partial charge in [-0.2, -0.15) is 5.10 Å². The minimum atomic E-state index is -1.39. The van der Waals surface area contributed by atoms with Crippen LogP contribution >= 0.6 is 0 Å². The Bertz CT molecular complexity index is 988. The molecule has 4 rings (SSSR count). The van der Waals surface area contributed by atoms with Gasteiger partial charge in [0, 0.05) is 5.56 Å². The lowest BCUT2D eigenvalue weighted by Crippen LogP contribution is -2.34. The fraction of sp³-hybridized carbons (Fsp3) is 0.348. The maximum atomic E-state index is 15.7. The van der Waals surface area contributed by atoms with E-state index in [0.29, 0.717) is 35.5 Å². The minimum absolute atomic E-state index is 0.0378. The van der Waals surface area contributed by atoms with Gasteiger partial charge in [-0.05, 0) is 56.9 Å². The van der Waals surface area contributed by atoms with Crippen LogP contribution < -0.4 is 4.74 Å². The van der Waals surface area contributed by atoms with Crippen LogP contribution in [0.2, 0.25) is 0 Å². The number of nitrogens with zero attached hydrogens (tertiary/aromatic N) is 2. The molecule has 1 aliphatic carbocycles. The Balaban J connectivity index is 1.87. The van der Waals surface area contributed by atoms with Gasteiger partial charge in [-0.25, -0.2) is 9.07 Å². The summed E-state index contributed by atoms with van der Waals surface area (Å²) in [5, 5.41) is 25.5. The normalized spacial score (nSPS) is 21.9. The highest BCUT2D eigenvalue weighted by Crippen LogP contribution is 2.40. The number of aliphatic hydroxyl groups excluding tert-OH is 1.